The Morgan fingerprint density at radius 1 is 0.824 bits per heavy atom. The van der Waals surface area contributed by atoms with Crippen LogP contribution in [0.2, 0.25) is 0 Å². The van der Waals surface area contributed by atoms with E-state index in [-0.39, 0.29) is 0 Å². The van der Waals surface area contributed by atoms with Gasteiger partial charge in [-0.25, -0.2) is 0 Å². The van der Waals surface area contributed by atoms with Crippen LogP contribution in [0.25, 0.3) is 27.5 Å². The van der Waals surface area contributed by atoms with Crippen molar-refractivity contribution in [3.05, 3.63) is 140 Å². The predicted molar refractivity (Wildman–Crippen MR) is 157 cm³/mol. The minimum Gasteiger partial charge on any atom is -0.0991 e. The highest BCUT2D eigenvalue weighted by Crippen LogP contribution is 2.30. The first-order valence-corrected chi connectivity index (χ1v) is 12.2. The van der Waals surface area contributed by atoms with Gasteiger partial charge in [0.1, 0.15) is 0 Å². The van der Waals surface area contributed by atoms with E-state index in [1.165, 1.54) is 21.9 Å². The minimum atomic E-state index is 0.786. The second kappa shape index (κ2) is 16.0. The van der Waals surface area contributed by atoms with Crippen molar-refractivity contribution in [3.8, 4) is 11.1 Å². The SMILES string of the molecule is C=C/C=C/C=C(/C)C(=C)/C=C\CC(=C)c1cccc(-c2cccc3ccccc23)c1.CC.CC. The molecule has 3 aromatic carbocycles. The number of hydrogen-bond donors (Lipinski definition) is 0. The van der Waals surface area contributed by atoms with E-state index < -0.39 is 0 Å². The Balaban J connectivity index is 0.00000137. The Bertz CT molecular complexity index is 1160. The van der Waals surface area contributed by atoms with Crippen molar-refractivity contribution in [2.24, 2.45) is 0 Å². The lowest BCUT2D eigenvalue weighted by Gasteiger charge is -2.10. The van der Waals surface area contributed by atoms with E-state index in [4.69, 9.17) is 0 Å². The molecule has 0 aromatic heterocycles. The number of allylic oxidation sites excluding steroid dienone is 9. The van der Waals surface area contributed by atoms with Crippen LogP contribution in [0.5, 0.6) is 0 Å². The summed E-state index contributed by atoms with van der Waals surface area (Å²) in [6.45, 7) is 22.2. The summed E-state index contributed by atoms with van der Waals surface area (Å²) in [4.78, 5) is 0. The van der Waals surface area contributed by atoms with Crippen LogP contribution in [-0.4, -0.2) is 0 Å². The lowest BCUT2D eigenvalue weighted by molar-refractivity contribution is 1.37. The normalized spacial score (nSPS) is 10.9. The van der Waals surface area contributed by atoms with Gasteiger partial charge in [-0.2, -0.15) is 0 Å². The molecule has 0 nitrogen and oxygen atoms in total. The van der Waals surface area contributed by atoms with Crippen LogP contribution < -0.4 is 0 Å². The van der Waals surface area contributed by atoms with Crippen LogP contribution in [0.1, 0.15) is 46.6 Å². The molecule has 3 rings (SSSR count). The van der Waals surface area contributed by atoms with E-state index in [9.17, 15) is 0 Å². The summed E-state index contributed by atoms with van der Waals surface area (Å²) in [5.41, 5.74) is 6.85. The van der Waals surface area contributed by atoms with Crippen molar-refractivity contribution in [2.75, 3.05) is 0 Å². The van der Waals surface area contributed by atoms with E-state index in [1.54, 1.807) is 6.08 Å². The van der Waals surface area contributed by atoms with Gasteiger partial charge in [0.15, 0.2) is 0 Å². The van der Waals surface area contributed by atoms with Crippen LogP contribution >= 0.6 is 0 Å². The molecule has 0 amide bonds. The average Bonchev–Trinajstić information content (AvgIpc) is 2.90. The summed E-state index contributed by atoms with van der Waals surface area (Å²) in [6, 6.07) is 23.6. The second-order valence-electron chi connectivity index (χ2n) is 7.31. The molecular weight excluding hydrogens is 408 g/mol. The number of rotatable bonds is 8. The lowest BCUT2D eigenvalue weighted by Crippen LogP contribution is -1.86. The maximum absolute atomic E-state index is 4.31. The van der Waals surface area contributed by atoms with Crippen molar-refractivity contribution in [1.82, 2.24) is 0 Å². The molecule has 3 aromatic rings. The quantitative estimate of drug-likeness (QED) is 0.301. The molecule has 34 heavy (non-hydrogen) atoms. The first kappa shape index (κ1) is 28.4. The second-order valence-corrected chi connectivity index (χ2v) is 7.31. The fourth-order valence-corrected chi connectivity index (χ4v) is 3.36. The molecule has 0 bridgehead atoms. The van der Waals surface area contributed by atoms with Crippen LogP contribution in [0.3, 0.4) is 0 Å². The smallest absolute Gasteiger partial charge is 0.00941 e. The molecule has 0 unspecified atom stereocenters. The van der Waals surface area contributed by atoms with Gasteiger partial charge in [-0.05, 0) is 63.6 Å². The van der Waals surface area contributed by atoms with Crippen LogP contribution in [-0.2, 0) is 0 Å². The summed E-state index contributed by atoms with van der Waals surface area (Å²) >= 11 is 0. The van der Waals surface area contributed by atoms with Gasteiger partial charge in [-0.15, -0.1) is 0 Å². The van der Waals surface area contributed by atoms with E-state index in [0.29, 0.717) is 0 Å². The molecule has 0 aliphatic carbocycles. The van der Waals surface area contributed by atoms with Crippen LogP contribution in [0.15, 0.2) is 134 Å². The maximum Gasteiger partial charge on any atom is -0.00941 e. The first-order chi connectivity index (χ1) is 16.6. The van der Waals surface area contributed by atoms with E-state index >= 15 is 0 Å². The molecule has 0 aliphatic heterocycles. The summed E-state index contributed by atoms with van der Waals surface area (Å²) in [6.07, 6.45) is 12.7. The zero-order valence-electron chi connectivity index (χ0n) is 21.6. The molecule has 0 saturated carbocycles. The Morgan fingerprint density at radius 2 is 1.50 bits per heavy atom. The Labute approximate surface area is 208 Å². The molecular formula is C34H40. The molecule has 0 saturated heterocycles. The van der Waals surface area contributed by atoms with Crippen molar-refractivity contribution in [1.29, 1.82) is 0 Å². The van der Waals surface area contributed by atoms with E-state index in [1.807, 2.05) is 45.9 Å². The van der Waals surface area contributed by atoms with Gasteiger partial charge < -0.3 is 0 Å². The molecule has 0 radical (unpaired) electrons. The van der Waals surface area contributed by atoms with Crippen LogP contribution in [0, 0.1) is 0 Å². The highest BCUT2D eigenvalue weighted by Gasteiger charge is 2.05. The minimum absolute atomic E-state index is 0.786. The largest absolute Gasteiger partial charge is 0.0991 e. The summed E-state index contributed by atoms with van der Waals surface area (Å²) < 4.78 is 0. The highest BCUT2D eigenvalue weighted by molar-refractivity contribution is 5.97. The Kier molecular flexibility index (Phi) is 13.4. The van der Waals surface area contributed by atoms with Gasteiger partial charge >= 0.3 is 0 Å². The Morgan fingerprint density at radius 3 is 2.24 bits per heavy atom. The van der Waals surface area contributed by atoms with Crippen molar-refractivity contribution >= 4 is 16.3 Å². The molecule has 176 valence electrons. The van der Waals surface area contributed by atoms with Gasteiger partial charge in [-0.1, -0.05) is 145 Å². The standard InChI is InChI=1S/C30H28.2C2H6/c1-5-6-7-13-23(2)24(3)14-10-15-25(4)27-18-11-19-28(22-27)30-21-12-17-26-16-8-9-20-29(26)30;2*1-2/h5-14,16-22H,1,3-4,15H2,2H3;2*1-2H3/b7-6+,14-10-,23-13-;;. The molecule has 0 spiro atoms. The molecule has 0 heteroatoms. The first-order valence-electron chi connectivity index (χ1n) is 12.2. The number of hydrogen-bond acceptors (Lipinski definition) is 0. The van der Waals surface area contributed by atoms with Crippen molar-refractivity contribution < 1.29 is 0 Å². The molecule has 0 heterocycles. The fourth-order valence-electron chi connectivity index (χ4n) is 3.36. The third-order valence-electron chi connectivity index (χ3n) is 5.15. The van der Waals surface area contributed by atoms with Crippen LogP contribution in [0.4, 0.5) is 0 Å². The third-order valence-corrected chi connectivity index (χ3v) is 5.15. The maximum atomic E-state index is 4.31. The fraction of sp³-hybridized carbons (Fsp3) is 0.176. The lowest BCUT2D eigenvalue weighted by atomic mass is 9.95. The van der Waals surface area contributed by atoms with Gasteiger partial charge in [0, 0.05) is 0 Å². The van der Waals surface area contributed by atoms with Crippen molar-refractivity contribution in [2.45, 2.75) is 41.0 Å². The van der Waals surface area contributed by atoms with E-state index in [0.717, 1.165) is 28.7 Å². The van der Waals surface area contributed by atoms with Gasteiger partial charge in [0.2, 0.25) is 0 Å². The van der Waals surface area contributed by atoms with Gasteiger partial charge in [0.25, 0.3) is 0 Å². The number of fused-ring (bicyclic) bond motifs is 1. The zero-order valence-corrected chi connectivity index (χ0v) is 21.6. The predicted octanol–water partition coefficient (Wildman–Crippen LogP) is 10.8. The topological polar surface area (TPSA) is 0 Å². The molecule has 0 fully saturated rings. The summed E-state index contributed by atoms with van der Waals surface area (Å²) in [5.74, 6) is 0. The number of benzene rings is 3. The van der Waals surface area contributed by atoms with Gasteiger partial charge in [0.05, 0.1) is 0 Å². The van der Waals surface area contributed by atoms with Crippen molar-refractivity contribution in [3.63, 3.8) is 0 Å². The monoisotopic (exact) mass is 448 g/mol. The summed E-state index contributed by atoms with van der Waals surface area (Å²) in [5, 5.41) is 2.53. The van der Waals surface area contributed by atoms with Gasteiger partial charge in [-0.3, -0.25) is 0 Å². The summed E-state index contributed by atoms with van der Waals surface area (Å²) in [7, 11) is 0. The van der Waals surface area contributed by atoms with E-state index in [2.05, 4.69) is 106 Å². The molecule has 0 atom stereocenters. The Hall–Kier alpha value is -3.64. The average molecular weight is 449 g/mol. The molecule has 0 N–H and O–H groups in total. The third kappa shape index (κ3) is 8.37. The zero-order chi connectivity index (χ0) is 25.3. The molecule has 0 aliphatic rings. The highest BCUT2D eigenvalue weighted by atomic mass is 14.1.